The maximum Gasteiger partial charge on any atom is 0.381 e. The lowest BCUT2D eigenvalue weighted by Gasteiger charge is -2.05. The van der Waals surface area contributed by atoms with E-state index in [2.05, 4.69) is 4.98 Å². The molecule has 110 valence electrons. The van der Waals surface area contributed by atoms with Crippen LogP contribution in [0.5, 0.6) is 0 Å². The molecule has 0 saturated heterocycles. The fourth-order valence-electron chi connectivity index (χ4n) is 1.71. The van der Waals surface area contributed by atoms with Crippen molar-refractivity contribution in [2.24, 2.45) is 0 Å². The minimum atomic E-state index is -0.560. The van der Waals surface area contributed by atoms with Crippen LogP contribution in [0, 0.1) is 10.1 Å². The van der Waals surface area contributed by atoms with E-state index in [0.717, 1.165) is 12.8 Å². The number of hydrogen-bond acceptors (Lipinski definition) is 5. The number of unbranched alkanes of at least 4 members (excludes halogenated alkanes) is 1. The molecule has 0 bridgehead atoms. The number of benzene rings is 1. The summed E-state index contributed by atoms with van der Waals surface area (Å²) in [6, 6.07) is 6.61. The van der Waals surface area contributed by atoms with Crippen LogP contribution >= 0.6 is 0 Å². The molecule has 1 aromatic heterocycles. The maximum atomic E-state index is 11.7. The molecular formula is C14H15N3O4. The first kappa shape index (κ1) is 14.7. The highest BCUT2D eigenvalue weighted by atomic mass is 16.6. The van der Waals surface area contributed by atoms with Gasteiger partial charge in [0.15, 0.2) is 0 Å². The van der Waals surface area contributed by atoms with Crippen LogP contribution in [0.2, 0.25) is 0 Å². The van der Waals surface area contributed by atoms with Crippen molar-refractivity contribution in [1.29, 1.82) is 0 Å². The van der Waals surface area contributed by atoms with E-state index in [-0.39, 0.29) is 11.8 Å². The third kappa shape index (κ3) is 3.65. The SMILES string of the molecule is CCCCOC(=O)c1ccc(-n2cnc([N+](=O)[O-])c2)cc1. The van der Waals surface area contributed by atoms with Gasteiger partial charge in [0.2, 0.25) is 6.33 Å². The van der Waals surface area contributed by atoms with Crippen molar-refractivity contribution in [3.8, 4) is 5.69 Å². The van der Waals surface area contributed by atoms with Gasteiger partial charge in [-0.3, -0.25) is 4.57 Å². The fourth-order valence-corrected chi connectivity index (χ4v) is 1.71. The number of imidazole rings is 1. The summed E-state index contributed by atoms with van der Waals surface area (Å²) < 4.78 is 6.62. The van der Waals surface area contributed by atoms with Crippen LogP contribution in [0.15, 0.2) is 36.8 Å². The van der Waals surface area contributed by atoms with Gasteiger partial charge in [-0.15, -0.1) is 0 Å². The second-order valence-electron chi connectivity index (χ2n) is 4.43. The molecule has 7 nitrogen and oxygen atoms in total. The quantitative estimate of drug-likeness (QED) is 0.353. The summed E-state index contributed by atoms with van der Waals surface area (Å²) in [5.74, 6) is -0.593. The van der Waals surface area contributed by atoms with Gasteiger partial charge in [-0.25, -0.2) is 4.79 Å². The molecule has 0 saturated carbocycles. The minimum Gasteiger partial charge on any atom is -0.462 e. The van der Waals surface area contributed by atoms with E-state index in [1.54, 1.807) is 24.3 Å². The second-order valence-corrected chi connectivity index (χ2v) is 4.43. The number of esters is 1. The lowest BCUT2D eigenvalue weighted by atomic mass is 10.2. The Morgan fingerprint density at radius 2 is 2.10 bits per heavy atom. The first-order chi connectivity index (χ1) is 10.1. The normalized spacial score (nSPS) is 10.3. The Labute approximate surface area is 121 Å². The molecule has 0 amide bonds. The molecule has 2 rings (SSSR count). The predicted molar refractivity (Wildman–Crippen MR) is 75.4 cm³/mol. The van der Waals surface area contributed by atoms with E-state index >= 15 is 0 Å². The summed E-state index contributed by atoms with van der Waals surface area (Å²) >= 11 is 0. The highest BCUT2D eigenvalue weighted by Gasteiger charge is 2.12. The van der Waals surface area contributed by atoms with Gasteiger partial charge in [0.05, 0.1) is 12.2 Å². The molecule has 21 heavy (non-hydrogen) atoms. The molecule has 0 spiro atoms. The summed E-state index contributed by atoms with van der Waals surface area (Å²) in [4.78, 5) is 25.4. The van der Waals surface area contributed by atoms with E-state index < -0.39 is 4.92 Å². The van der Waals surface area contributed by atoms with Gasteiger partial charge in [-0.1, -0.05) is 13.3 Å². The summed E-state index contributed by atoms with van der Waals surface area (Å²) in [5.41, 5.74) is 1.13. The van der Waals surface area contributed by atoms with Gasteiger partial charge in [-0.05, 0) is 40.6 Å². The lowest BCUT2D eigenvalue weighted by Crippen LogP contribution is -2.06. The highest BCUT2D eigenvalue weighted by molar-refractivity contribution is 5.89. The van der Waals surface area contributed by atoms with Gasteiger partial charge < -0.3 is 14.9 Å². The van der Waals surface area contributed by atoms with Gasteiger partial charge in [0, 0.05) is 5.69 Å². The lowest BCUT2D eigenvalue weighted by molar-refractivity contribution is -0.389. The summed E-state index contributed by atoms with van der Waals surface area (Å²) in [6.45, 7) is 2.43. The number of carbonyl (C=O) groups excluding carboxylic acids is 1. The van der Waals surface area contributed by atoms with E-state index in [4.69, 9.17) is 4.74 Å². The van der Waals surface area contributed by atoms with Gasteiger partial charge in [0.25, 0.3) is 0 Å². The van der Waals surface area contributed by atoms with Gasteiger partial charge in [0.1, 0.15) is 6.20 Å². The highest BCUT2D eigenvalue weighted by Crippen LogP contribution is 2.14. The fraction of sp³-hybridized carbons (Fsp3) is 0.286. The van der Waals surface area contributed by atoms with E-state index in [1.807, 2.05) is 6.92 Å². The summed E-state index contributed by atoms with van der Waals surface area (Å²) in [5, 5.41) is 10.6. The van der Waals surface area contributed by atoms with Crippen LogP contribution in [0.1, 0.15) is 30.1 Å². The number of nitrogens with zero attached hydrogens (tertiary/aromatic N) is 3. The van der Waals surface area contributed by atoms with Crippen LogP contribution in [0.4, 0.5) is 5.82 Å². The molecular weight excluding hydrogens is 274 g/mol. The molecule has 0 fully saturated rings. The molecule has 2 aromatic rings. The number of ether oxygens (including phenoxy) is 1. The van der Waals surface area contributed by atoms with Crippen LogP contribution in [-0.4, -0.2) is 27.1 Å². The molecule has 0 unspecified atom stereocenters. The van der Waals surface area contributed by atoms with Gasteiger partial charge >= 0.3 is 11.8 Å². The third-order valence-corrected chi connectivity index (χ3v) is 2.89. The molecule has 0 radical (unpaired) electrons. The Kier molecular flexibility index (Phi) is 4.65. The second kappa shape index (κ2) is 6.65. The summed E-state index contributed by atoms with van der Waals surface area (Å²) in [7, 11) is 0. The average molecular weight is 289 g/mol. The number of carbonyl (C=O) groups is 1. The Hall–Kier alpha value is -2.70. The average Bonchev–Trinajstić information content (AvgIpc) is 2.97. The van der Waals surface area contributed by atoms with E-state index in [0.29, 0.717) is 17.9 Å². The number of rotatable bonds is 6. The van der Waals surface area contributed by atoms with E-state index in [1.165, 1.54) is 17.1 Å². The Morgan fingerprint density at radius 3 is 2.67 bits per heavy atom. The topological polar surface area (TPSA) is 87.3 Å². The molecule has 0 N–H and O–H groups in total. The first-order valence-electron chi connectivity index (χ1n) is 6.57. The van der Waals surface area contributed by atoms with Crippen molar-refractivity contribution < 1.29 is 14.5 Å². The Bertz CT molecular complexity index is 634. The minimum absolute atomic E-state index is 0.224. The molecule has 0 aliphatic rings. The Balaban J connectivity index is 2.07. The largest absolute Gasteiger partial charge is 0.462 e. The maximum absolute atomic E-state index is 11.7. The zero-order valence-electron chi connectivity index (χ0n) is 11.6. The van der Waals surface area contributed by atoms with Gasteiger partial charge in [-0.2, -0.15) is 0 Å². The molecule has 0 atom stereocenters. The van der Waals surface area contributed by atoms with Crippen LogP contribution < -0.4 is 0 Å². The molecule has 7 heteroatoms. The van der Waals surface area contributed by atoms with Crippen LogP contribution in [0.25, 0.3) is 5.69 Å². The molecule has 1 aromatic carbocycles. The van der Waals surface area contributed by atoms with Crippen LogP contribution in [0.3, 0.4) is 0 Å². The zero-order valence-corrected chi connectivity index (χ0v) is 11.6. The van der Waals surface area contributed by atoms with E-state index in [9.17, 15) is 14.9 Å². The monoisotopic (exact) mass is 289 g/mol. The van der Waals surface area contributed by atoms with Crippen molar-refractivity contribution in [2.45, 2.75) is 19.8 Å². The predicted octanol–water partition coefficient (Wildman–Crippen LogP) is 2.74. The van der Waals surface area contributed by atoms with Crippen LogP contribution in [-0.2, 0) is 4.74 Å². The van der Waals surface area contributed by atoms with Crippen molar-refractivity contribution in [3.63, 3.8) is 0 Å². The molecule has 0 aliphatic carbocycles. The first-order valence-corrected chi connectivity index (χ1v) is 6.57. The Morgan fingerprint density at radius 1 is 1.38 bits per heavy atom. The zero-order chi connectivity index (χ0) is 15.2. The number of aromatic nitrogens is 2. The van der Waals surface area contributed by atoms with Crippen molar-refractivity contribution in [3.05, 3.63) is 52.5 Å². The van der Waals surface area contributed by atoms with Crippen molar-refractivity contribution in [1.82, 2.24) is 9.55 Å². The number of hydrogen-bond donors (Lipinski definition) is 0. The molecule has 0 aliphatic heterocycles. The standard InChI is InChI=1S/C14H15N3O4/c1-2-3-8-21-14(18)11-4-6-12(7-5-11)16-9-13(15-10-16)17(19)20/h4-7,9-10H,2-3,8H2,1H3. The molecule has 1 heterocycles. The van der Waals surface area contributed by atoms with Crippen molar-refractivity contribution >= 4 is 11.8 Å². The number of nitro groups is 1. The van der Waals surface area contributed by atoms with Crippen molar-refractivity contribution in [2.75, 3.05) is 6.61 Å². The summed E-state index contributed by atoms with van der Waals surface area (Å²) in [6.07, 6.45) is 4.47. The third-order valence-electron chi connectivity index (χ3n) is 2.89. The smallest absolute Gasteiger partial charge is 0.381 e.